The number of carbonyl (C=O) groups is 2. The minimum Gasteiger partial charge on any atom is -0.440 e. The average molecular weight is 530 g/mol. The largest absolute Gasteiger partial charge is 0.440 e. The van der Waals surface area contributed by atoms with Crippen molar-refractivity contribution in [3.05, 3.63) is 88.8 Å². The number of nitrogens with zero attached hydrogens (tertiary/aromatic N) is 3. The first-order valence-corrected chi connectivity index (χ1v) is 12.9. The van der Waals surface area contributed by atoms with Crippen LogP contribution in [0.15, 0.2) is 71.3 Å². The summed E-state index contributed by atoms with van der Waals surface area (Å²) in [4.78, 5) is 35.9. The fourth-order valence-electron chi connectivity index (χ4n) is 4.02. The lowest BCUT2D eigenvalue weighted by Crippen LogP contribution is -2.27. The van der Waals surface area contributed by atoms with Crippen molar-refractivity contribution in [3.63, 3.8) is 0 Å². The molecule has 3 heterocycles. The van der Waals surface area contributed by atoms with Gasteiger partial charge in [-0.25, -0.2) is 9.97 Å². The van der Waals surface area contributed by atoms with E-state index in [1.54, 1.807) is 61.9 Å². The number of carbonyl (C=O) groups excluding carboxylic acids is 2. The van der Waals surface area contributed by atoms with E-state index in [0.29, 0.717) is 39.7 Å². The number of aliphatic hydroxyl groups is 1. The second kappa shape index (κ2) is 10.2. The topological polar surface area (TPSA) is 122 Å². The van der Waals surface area contributed by atoms with E-state index in [0.717, 1.165) is 10.4 Å². The maximum atomic E-state index is 13.1. The van der Waals surface area contributed by atoms with Crippen LogP contribution in [0.3, 0.4) is 0 Å². The molecule has 5 rings (SSSR count). The van der Waals surface area contributed by atoms with Gasteiger partial charge in [0, 0.05) is 19.0 Å². The molecular weight excluding hydrogens is 502 g/mol. The Balaban J connectivity index is 1.40. The number of amides is 2. The lowest BCUT2D eigenvalue weighted by atomic mass is 10.1. The van der Waals surface area contributed by atoms with Crippen molar-refractivity contribution in [3.8, 4) is 10.6 Å². The third-order valence-corrected chi connectivity index (χ3v) is 6.87. The van der Waals surface area contributed by atoms with E-state index in [1.807, 2.05) is 30.3 Å². The number of aromatic nitrogens is 3. The summed E-state index contributed by atoms with van der Waals surface area (Å²) < 4.78 is 7.30. The lowest BCUT2D eigenvalue weighted by Gasteiger charge is -2.20. The van der Waals surface area contributed by atoms with Gasteiger partial charge in [-0.05, 0) is 49.7 Å². The molecule has 0 aliphatic rings. The zero-order valence-corrected chi connectivity index (χ0v) is 22.0. The summed E-state index contributed by atoms with van der Waals surface area (Å²) in [5.74, 6) is 0.851. The van der Waals surface area contributed by atoms with Crippen LogP contribution in [-0.4, -0.2) is 37.1 Å². The third kappa shape index (κ3) is 5.66. The fraction of sp³-hybridized carbons (Fsp3) is 0.214. The highest BCUT2D eigenvalue weighted by Crippen LogP contribution is 2.30. The smallest absolute Gasteiger partial charge is 0.268 e. The second-order valence-corrected chi connectivity index (χ2v) is 10.7. The summed E-state index contributed by atoms with van der Waals surface area (Å²) in [7, 11) is 0. The number of imidazole rings is 1. The number of nitrogens with one attached hydrogen (secondary N) is 2. The van der Waals surface area contributed by atoms with E-state index in [4.69, 9.17) is 4.42 Å². The summed E-state index contributed by atoms with van der Waals surface area (Å²) in [6, 6.07) is 18.3. The zero-order valence-electron chi connectivity index (χ0n) is 21.2. The highest BCUT2D eigenvalue weighted by molar-refractivity contribution is 7.17. The quantitative estimate of drug-likeness (QED) is 0.260. The van der Waals surface area contributed by atoms with Crippen molar-refractivity contribution in [1.82, 2.24) is 19.9 Å². The van der Waals surface area contributed by atoms with Crippen molar-refractivity contribution < 1.29 is 19.1 Å². The van der Waals surface area contributed by atoms with Crippen LogP contribution in [0.4, 0.5) is 5.95 Å². The standard InChI is InChI=1S/C28H27N5O4S/c1-17-29-15-22(37-17)23-11-12-24(38-23)26(35)32-27-31-20-13-19(9-10-21(20)33(27)16-28(2,3)36)25(34)30-14-18-7-5-4-6-8-18/h4-13,15,36H,14,16H2,1-3H3,(H,30,34)(H,31,32,35). The molecule has 0 bridgehead atoms. The molecule has 38 heavy (non-hydrogen) atoms. The van der Waals surface area contributed by atoms with E-state index in [9.17, 15) is 14.7 Å². The van der Waals surface area contributed by atoms with Crippen molar-refractivity contribution in [2.24, 2.45) is 0 Å². The molecular formula is C28H27N5O4S. The molecule has 5 aromatic rings. The van der Waals surface area contributed by atoms with Gasteiger partial charge in [0.1, 0.15) is 0 Å². The van der Waals surface area contributed by atoms with Gasteiger partial charge in [0.15, 0.2) is 11.7 Å². The van der Waals surface area contributed by atoms with Gasteiger partial charge in [0.2, 0.25) is 5.95 Å². The molecule has 0 spiro atoms. The van der Waals surface area contributed by atoms with Crippen LogP contribution in [0.5, 0.6) is 0 Å². The van der Waals surface area contributed by atoms with Crippen molar-refractivity contribution >= 4 is 40.1 Å². The van der Waals surface area contributed by atoms with Gasteiger partial charge >= 0.3 is 0 Å². The number of thiophene rings is 1. The van der Waals surface area contributed by atoms with Crippen LogP contribution in [-0.2, 0) is 13.1 Å². The number of oxazole rings is 1. The Morgan fingerprint density at radius 2 is 1.87 bits per heavy atom. The van der Waals surface area contributed by atoms with Crippen LogP contribution >= 0.6 is 11.3 Å². The van der Waals surface area contributed by atoms with Gasteiger partial charge < -0.3 is 19.4 Å². The molecule has 0 saturated carbocycles. The Kier molecular flexibility index (Phi) is 6.83. The van der Waals surface area contributed by atoms with E-state index in [2.05, 4.69) is 20.6 Å². The third-order valence-electron chi connectivity index (χ3n) is 5.77. The number of anilines is 1. The number of hydrogen-bond donors (Lipinski definition) is 3. The minimum atomic E-state index is -1.07. The van der Waals surface area contributed by atoms with Gasteiger partial charge in [0.05, 0.1) is 39.1 Å². The van der Waals surface area contributed by atoms with Gasteiger partial charge in [-0.2, -0.15) is 0 Å². The van der Waals surface area contributed by atoms with Crippen molar-refractivity contribution in [2.75, 3.05) is 5.32 Å². The summed E-state index contributed by atoms with van der Waals surface area (Å²) in [5, 5.41) is 16.3. The highest BCUT2D eigenvalue weighted by Gasteiger charge is 2.22. The first-order chi connectivity index (χ1) is 18.2. The maximum absolute atomic E-state index is 13.1. The summed E-state index contributed by atoms with van der Waals surface area (Å²) >= 11 is 1.28. The Morgan fingerprint density at radius 3 is 2.58 bits per heavy atom. The van der Waals surface area contributed by atoms with E-state index >= 15 is 0 Å². The first-order valence-electron chi connectivity index (χ1n) is 12.0. The molecule has 9 nitrogen and oxygen atoms in total. The second-order valence-electron chi connectivity index (χ2n) is 9.57. The molecule has 0 aliphatic heterocycles. The Morgan fingerprint density at radius 1 is 1.08 bits per heavy atom. The van der Waals surface area contributed by atoms with E-state index < -0.39 is 5.60 Å². The van der Waals surface area contributed by atoms with Gasteiger partial charge in [-0.1, -0.05) is 30.3 Å². The first kappa shape index (κ1) is 25.4. The van der Waals surface area contributed by atoms with E-state index in [1.165, 1.54) is 11.3 Å². The molecule has 0 unspecified atom stereocenters. The van der Waals surface area contributed by atoms with Gasteiger partial charge in [-0.15, -0.1) is 11.3 Å². The Bertz CT molecular complexity index is 1610. The molecule has 2 amide bonds. The molecule has 0 atom stereocenters. The zero-order chi connectivity index (χ0) is 26.9. The number of hydrogen-bond acceptors (Lipinski definition) is 7. The summed E-state index contributed by atoms with van der Waals surface area (Å²) in [5.41, 5.74) is 1.59. The van der Waals surface area contributed by atoms with Gasteiger partial charge in [0.25, 0.3) is 11.8 Å². The number of rotatable bonds is 8. The molecule has 0 aliphatic carbocycles. The predicted octanol–water partition coefficient (Wildman–Crippen LogP) is 5.01. The molecule has 3 N–H and O–H groups in total. The molecule has 0 fully saturated rings. The molecule has 0 radical (unpaired) electrons. The normalized spacial score (nSPS) is 11.6. The van der Waals surface area contributed by atoms with Crippen molar-refractivity contribution in [1.29, 1.82) is 0 Å². The molecule has 0 saturated heterocycles. The van der Waals surface area contributed by atoms with Crippen LogP contribution in [0, 0.1) is 6.92 Å². The van der Waals surface area contributed by atoms with Gasteiger partial charge in [-0.3, -0.25) is 14.9 Å². The SMILES string of the molecule is Cc1ncc(-c2ccc(C(=O)Nc3nc4cc(C(=O)NCc5ccccc5)ccc4n3CC(C)(C)O)s2)o1. The van der Waals surface area contributed by atoms with Crippen LogP contribution in [0.1, 0.15) is 45.3 Å². The molecule has 3 aromatic heterocycles. The van der Waals surface area contributed by atoms with E-state index in [-0.39, 0.29) is 24.3 Å². The lowest BCUT2D eigenvalue weighted by molar-refractivity contribution is 0.0630. The monoisotopic (exact) mass is 529 g/mol. The van der Waals surface area contributed by atoms with Crippen LogP contribution in [0.25, 0.3) is 21.7 Å². The predicted molar refractivity (Wildman–Crippen MR) is 146 cm³/mol. The van der Waals surface area contributed by atoms with Crippen molar-refractivity contribution in [2.45, 2.75) is 39.5 Å². The van der Waals surface area contributed by atoms with Crippen LogP contribution in [0.2, 0.25) is 0 Å². The molecule has 2 aromatic carbocycles. The number of fused-ring (bicyclic) bond motifs is 1. The molecule has 10 heteroatoms. The summed E-state index contributed by atoms with van der Waals surface area (Å²) in [6.07, 6.45) is 1.62. The number of benzene rings is 2. The van der Waals surface area contributed by atoms with Crippen LogP contribution < -0.4 is 10.6 Å². The summed E-state index contributed by atoms with van der Waals surface area (Å²) in [6.45, 7) is 5.71. The fourth-order valence-corrected chi connectivity index (χ4v) is 4.87. The Hall–Kier alpha value is -4.28. The average Bonchev–Trinajstić information content (AvgIpc) is 3.61. The highest BCUT2D eigenvalue weighted by atomic mass is 32.1. The molecule has 194 valence electrons. The maximum Gasteiger partial charge on any atom is 0.268 e. The number of aryl methyl sites for hydroxylation is 1. The Labute approximate surface area is 223 Å². The minimum absolute atomic E-state index is 0.186.